The number of amides is 1. The Morgan fingerprint density at radius 3 is 2.31 bits per heavy atom. The van der Waals surface area contributed by atoms with Crippen LogP contribution in [-0.2, 0) is 6.54 Å². The van der Waals surface area contributed by atoms with E-state index in [0.717, 1.165) is 47.5 Å². The zero-order chi connectivity index (χ0) is 24.2. The lowest BCUT2D eigenvalue weighted by Gasteiger charge is -2.36. The van der Waals surface area contributed by atoms with Crippen LogP contribution in [0.3, 0.4) is 0 Å². The van der Waals surface area contributed by atoms with Gasteiger partial charge in [-0.3, -0.25) is 9.69 Å². The SMILES string of the molecule is O=C(Nc1ccc(N2CCN(Cc3ccccc3F)CC2)cc1)c1ccc(-c2ccc(Br)cc2)o1. The molecule has 4 aromatic rings. The molecule has 0 radical (unpaired) electrons. The minimum atomic E-state index is -0.289. The summed E-state index contributed by atoms with van der Waals surface area (Å²) in [5.41, 5.74) is 3.45. The first-order valence-electron chi connectivity index (χ1n) is 11.5. The van der Waals surface area contributed by atoms with Crippen molar-refractivity contribution in [3.05, 3.63) is 107 Å². The van der Waals surface area contributed by atoms with E-state index in [4.69, 9.17) is 4.42 Å². The van der Waals surface area contributed by atoms with Gasteiger partial charge in [-0.1, -0.05) is 46.3 Å². The Morgan fingerprint density at radius 1 is 0.886 bits per heavy atom. The number of anilines is 2. The molecule has 0 unspecified atom stereocenters. The number of nitrogens with zero attached hydrogens (tertiary/aromatic N) is 2. The van der Waals surface area contributed by atoms with Crippen molar-refractivity contribution in [2.24, 2.45) is 0 Å². The fourth-order valence-corrected chi connectivity index (χ4v) is 4.47. The lowest BCUT2D eigenvalue weighted by molar-refractivity contribution is 0.0997. The van der Waals surface area contributed by atoms with Crippen LogP contribution in [0.25, 0.3) is 11.3 Å². The highest BCUT2D eigenvalue weighted by atomic mass is 79.9. The van der Waals surface area contributed by atoms with Gasteiger partial charge in [0.2, 0.25) is 0 Å². The lowest BCUT2D eigenvalue weighted by atomic mass is 10.1. The summed E-state index contributed by atoms with van der Waals surface area (Å²) in [4.78, 5) is 17.2. The Balaban J connectivity index is 1.15. The monoisotopic (exact) mass is 533 g/mol. The summed E-state index contributed by atoms with van der Waals surface area (Å²) in [7, 11) is 0. The predicted octanol–water partition coefficient (Wildman–Crippen LogP) is 6.42. The molecule has 178 valence electrons. The van der Waals surface area contributed by atoms with Crippen LogP contribution in [0, 0.1) is 5.82 Å². The smallest absolute Gasteiger partial charge is 0.291 e. The molecule has 7 heteroatoms. The average molecular weight is 534 g/mol. The van der Waals surface area contributed by atoms with Gasteiger partial charge in [0.25, 0.3) is 5.91 Å². The van der Waals surface area contributed by atoms with E-state index in [1.807, 2.05) is 60.7 Å². The molecular formula is C28H25BrFN3O2. The lowest BCUT2D eigenvalue weighted by Crippen LogP contribution is -2.46. The summed E-state index contributed by atoms with van der Waals surface area (Å²) in [5, 5.41) is 2.90. The van der Waals surface area contributed by atoms with E-state index in [1.165, 1.54) is 6.07 Å². The third-order valence-corrected chi connectivity index (χ3v) is 6.70. The summed E-state index contributed by atoms with van der Waals surface area (Å²) in [6, 6.07) is 26.0. The molecule has 3 aromatic carbocycles. The molecule has 1 aliphatic rings. The number of carbonyl (C=O) groups excluding carboxylic acids is 1. The average Bonchev–Trinajstić information content (AvgIpc) is 3.38. The first-order chi connectivity index (χ1) is 17.0. The fraction of sp³-hybridized carbons (Fsp3) is 0.179. The van der Waals surface area contributed by atoms with Gasteiger partial charge in [-0.2, -0.15) is 0 Å². The molecule has 2 heterocycles. The van der Waals surface area contributed by atoms with E-state index in [9.17, 15) is 9.18 Å². The van der Waals surface area contributed by atoms with Crippen LogP contribution in [0.4, 0.5) is 15.8 Å². The van der Waals surface area contributed by atoms with Gasteiger partial charge < -0.3 is 14.6 Å². The van der Waals surface area contributed by atoms with Crippen LogP contribution in [0.1, 0.15) is 16.1 Å². The molecule has 0 aliphatic carbocycles. The summed E-state index contributed by atoms with van der Waals surface area (Å²) in [6.07, 6.45) is 0. The van der Waals surface area contributed by atoms with Crippen molar-refractivity contribution in [1.82, 2.24) is 4.90 Å². The number of rotatable bonds is 6. The van der Waals surface area contributed by atoms with Gasteiger partial charge >= 0.3 is 0 Å². The van der Waals surface area contributed by atoms with Crippen molar-refractivity contribution in [3.63, 3.8) is 0 Å². The fourth-order valence-electron chi connectivity index (χ4n) is 4.21. The summed E-state index contributed by atoms with van der Waals surface area (Å²) >= 11 is 3.42. The maximum Gasteiger partial charge on any atom is 0.291 e. The van der Waals surface area contributed by atoms with Crippen molar-refractivity contribution in [2.75, 3.05) is 36.4 Å². The van der Waals surface area contributed by atoms with Gasteiger partial charge in [0.15, 0.2) is 5.76 Å². The first-order valence-corrected chi connectivity index (χ1v) is 12.3. The number of hydrogen-bond donors (Lipinski definition) is 1. The van der Waals surface area contributed by atoms with Crippen LogP contribution < -0.4 is 10.2 Å². The van der Waals surface area contributed by atoms with Gasteiger partial charge in [0, 0.05) is 59.7 Å². The molecule has 0 spiro atoms. The number of hydrogen-bond acceptors (Lipinski definition) is 4. The predicted molar refractivity (Wildman–Crippen MR) is 140 cm³/mol. The molecular weight excluding hydrogens is 509 g/mol. The Labute approximate surface area is 212 Å². The zero-order valence-electron chi connectivity index (χ0n) is 19.1. The molecule has 1 fully saturated rings. The van der Waals surface area contributed by atoms with E-state index in [-0.39, 0.29) is 17.5 Å². The molecule has 35 heavy (non-hydrogen) atoms. The van der Waals surface area contributed by atoms with E-state index >= 15 is 0 Å². The van der Waals surface area contributed by atoms with E-state index in [0.29, 0.717) is 18.0 Å². The Bertz CT molecular complexity index is 1300. The number of piperazine rings is 1. The minimum absolute atomic E-state index is 0.147. The van der Waals surface area contributed by atoms with Gasteiger partial charge in [0.1, 0.15) is 11.6 Å². The maximum atomic E-state index is 13.9. The first kappa shape index (κ1) is 23.3. The Morgan fingerprint density at radius 2 is 1.60 bits per heavy atom. The molecule has 0 atom stereocenters. The van der Waals surface area contributed by atoms with Crippen LogP contribution in [0.15, 0.2) is 93.8 Å². The van der Waals surface area contributed by atoms with Crippen molar-refractivity contribution in [1.29, 1.82) is 0 Å². The highest BCUT2D eigenvalue weighted by Gasteiger charge is 2.19. The molecule has 5 nitrogen and oxygen atoms in total. The van der Waals surface area contributed by atoms with Crippen LogP contribution in [-0.4, -0.2) is 37.0 Å². The normalized spacial score (nSPS) is 14.2. The second-order valence-electron chi connectivity index (χ2n) is 8.53. The van der Waals surface area contributed by atoms with Crippen molar-refractivity contribution < 1.29 is 13.6 Å². The molecule has 1 saturated heterocycles. The van der Waals surface area contributed by atoms with E-state index in [2.05, 4.69) is 31.0 Å². The van der Waals surface area contributed by atoms with Crippen LogP contribution >= 0.6 is 15.9 Å². The standard InChI is InChI=1S/C28H25BrFN3O2/c29-22-7-5-20(6-8-22)26-13-14-27(35-26)28(34)31-23-9-11-24(12-10-23)33-17-15-32(16-18-33)19-21-3-1-2-4-25(21)30/h1-14H,15-19H2,(H,31,34). The molecule has 1 aromatic heterocycles. The molecule has 5 rings (SSSR count). The number of benzene rings is 3. The van der Waals surface area contributed by atoms with Crippen LogP contribution in [0.5, 0.6) is 0 Å². The van der Waals surface area contributed by atoms with Crippen molar-refractivity contribution >= 4 is 33.2 Å². The Hall–Kier alpha value is -3.42. The molecule has 1 N–H and O–H groups in total. The van der Waals surface area contributed by atoms with Gasteiger partial charge in [-0.15, -0.1) is 0 Å². The molecule has 0 saturated carbocycles. The number of carbonyl (C=O) groups is 1. The van der Waals surface area contributed by atoms with E-state index in [1.54, 1.807) is 18.2 Å². The van der Waals surface area contributed by atoms with Gasteiger partial charge in [0.05, 0.1) is 0 Å². The number of furan rings is 1. The van der Waals surface area contributed by atoms with Crippen LogP contribution in [0.2, 0.25) is 0 Å². The second-order valence-corrected chi connectivity index (χ2v) is 9.44. The molecule has 0 bridgehead atoms. The third-order valence-electron chi connectivity index (χ3n) is 6.17. The van der Waals surface area contributed by atoms with Gasteiger partial charge in [-0.05, 0) is 54.6 Å². The largest absolute Gasteiger partial charge is 0.451 e. The zero-order valence-corrected chi connectivity index (χ0v) is 20.7. The highest BCUT2D eigenvalue weighted by Crippen LogP contribution is 2.25. The Kier molecular flexibility index (Phi) is 6.97. The molecule has 1 amide bonds. The molecule has 1 aliphatic heterocycles. The third kappa shape index (κ3) is 5.63. The highest BCUT2D eigenvalue weighted by molar-refractivity contribution is 9.10. The number of halogens is 2. The van der Waals surface area contributed by atoms with Crippen molar-refractivity contribution in [3.8, 4) is 11.3 Å². The maximum absolute atomic E-state index is 13.9. The van der Waals surface area contributed by atoms with Gasteiger partial charge in [-0.25, -0.2) is 4.39 Å². The second kappa shape index (κ2) is 10.5. The summed E-state index contributed by atoms with van der Waals surface area (Å²) in [6.45, 7) is 4.09. The quantitative estimate of drug-likeness (QED) is 0.310. The van der Waals surface area contributed by atoms with Crippen molar-refractivity contribution in [2.45, 2.75) is 6.54 Å². The topological polar surface area (TPSA) is 48.7 Å². The minimum Gasteiger partial charge on any atom is -0.451 e. The number of nitrogens with one attached hydrogen (secondary N) is 1. The summed E-state index contributed by atoms with van der Waals surface area (Å²) < 4.78 is 20.7. The summed E-state index contributed by atoms with van der Waals surface area (Å²) in [5.74, 6) is 0.472. The van der Waals surface area contributed by atoms with E-state index < -0.39 is 0 Å².